The topological polar surface area (TPSA) is 111 Å². The quantitative estimate of drug-likeness (QED) is 0.462. The van der Waals surface area contributed by atoms with Crippen molar-refractivity contribution in [3.63, 3.8) is 0 Å². The van der Waals surface area contributed by atoms with Gasteiger partial charge in [0.15, 0.2) is 6.04 Å². The van der Waals surface area contributed by atoms with Gasteiger partial charge in [-0.3, -0.25) is 9.59 Å². The fraction of sp³-hybridized carbons (Fsp3) is 0.769. The average molecular weight is 301 g/mol. The second-order valence-corrected chi connectivity index (χ2v) is 4.83. The highest BCUT2D eigenvalue weighted by Crippen LogP contribution is 2.11. The van der Waals surface area contributed by atoms with E-state index in [0.717, 1.165) is 0 Å². The van der Waals surface area contributed by atoms with Gasteiger partial charge in [0.25, 0.3) is 5.91 Å². The molecule has 0 aromatic carbocycles. The summed E-state index contributed by atoms with van der Waals surface area (Å²) >= 11 is 0. The van der Waals surface area contributed by atoms with E-state index < -0.39 is 17.9 Å². The van der Waals surface area contributed by atoms with Crippen molar-refractivity contribution in [3.05, 3.63) is 0 Å². The van der Waals surface area contributed by atoms with E-state index in [2.05, 4.69) is 5.32 Å². The standard InChI is InChI=1S/C13H23N3O5/c1-3-21-13(19)11(14)12(18)16-6-4-9(5-7-16)15-10(17)8-20-2/h9,11H,3-8,14H2,1-2H3,(H,15,17). The molecule has 1 heterocycles. The summed E-state index contributed by atoms with van der Waals surface area (Å²) in [5.41, 5.74) is 5.58. The molecule has 1 rings (SSSR count). The van der Waals surface area contributed by atoms with E-state index in [1.807, 2.05) is 0 Å². The van der Waals surface area contributed by atoms with Crippen LogP contribution in [0.1, 0.15) is 19.8 Å². The molecule has 120 valence electrons. The summed E-state index contributed by atoms with van der Waals surface area (Å²) in [5.74, 6) is -1.32. The van der Waals surface area contributed by atoms with E-state index in [0.29, 0.717) is 25.9 Å². The third kappa shape index (κ3) is 5.31. The molecule has 0 aliphatic carbocycles. The molecule has 2 amide bonds. The van der Waals surface area contributed by atoms with Gasteiger partial charge in [-0.1, -0.05) is 0 Å². The average Bonchev–Trinajstić information content (AvgIpc) is 2.47. The van der Waals surface area contributed by atoms with E-state index in [4.69, 9.17) is 15.2 Å². The first-order valence-electron chi connectivity index (χ1n) is 6.98. The molecule has 0 bridgehead atoms. The Morgan fingerprint density at radius 3 is 2.48 bits per heavy atom. The fourth-order valence-electron chi connectivity index (χ4n) is 2.17. The van der Waals surface area contributed by atoms with Crippen LogP contribution in [-0.4, -0.2) is 68.2 Å². The van der Waals surface area contributed by atoms with Gasteiger partial charge in [-0.25, -0.2) is 4.79 Å². The lowest BCUT2D eigenvalue weighted by Gasteiger charge is -2.33. The van der Waals surface area contributed by atoms with Gasteiger partial charge in [0.1, 0.15) is 6.61 Å². The monoisotopic (exact) mass is 301 g/mol. The van der Waals surface area contributed by atoms with Gasteiger partial charge in [0.05, 0.1) is 6.61 Å². The van der Waals surface area contributed by atoms with Crippen molar-refractivity contribution in [2.45, 2.75) is 31.8 Å². The predicted octanol–water partition coefficient (Wildman–Crippen LogP) is -1.37. The van der Waals surface area contributed by atoms with Gasteiger partial charge in [-0.05, 0) is 19.8 Å². The van der Waals surface area contributed by atoms with E-state index in [1.54, 1.807) is 6.92 Å². The molecule has 1 aliphatic heterocycles. The number of piperidine rings is 1. The van der Waals surface area contributed by atoms with Gasteiger partial charge >= 0.3 is 5.97 Å². The van der Waals surface area contributed by atoms with E-state index in [9.17, 15) is 14.4 Å². The van der Waals surface area contributed by atoms with Gasteiger partial charge < -0.3 is 25.4 Å². The molecule has 0 radical (unpaired) electrons. The molecule has 0 aromatic rings. The number of nitrogens with zero attached hydrogens (tertiary/aromatic N) is 1. The van der Waals surface area contributed by atoms with Crippen LogP contribution < -0.4 is 11.1 Å². The Morgan fingerprint density at radius 1 is 1.33 bits per heavy atom. The zero-order valence-corrected chi connectivity index (χ0v) is 12.5. The third-order valence-corrected chi connectivity index (χ3v) is 3.25. The van der Waals surface area contributed by atoms with Crippen molar-refractivity contribution >= 4 is 17.8 Å². The zero-order valence-electron chi connectivity index (χ0n) is 12.5. The normalized spacial score (nSPS) is 17.2. The van der Waals surface area contributed by atoms with Crippen LogP contribution in [0.3, 0.4) is 0 Å². The van der Waals surface area contributed by atoms with Crippen LogP contribution in [0, 0.1) is 0 Å². The highest BCUT2D eigenvalue weighted by Gasteiger charge is 2.31. The smallest absolute Gasteiger partial charge is 0.332 e. The summed E-state index contributed by atoms with van der Waals surface area (Å²) in [5, 5.41) is 2.83. The van der Waals surface area contributed by atoms with Crippen molar-refractivity contribution in [1.29, 1.82) is 0 Å². The third-order valence-electron chi connectivity index (χ3n) is 3.25. The maximum Gasteiger partial charge on any atom is 0.332 e. The number of hydrogen-bond donors (Lipinski definition) is 2. The number of likely N-dealkylation sites (tertiary alicyclic amines) is 1. The second-order valence-electron chi connectivity index (χ2n) is 4.83. The van der Waals surface area contributed by atoms with Crippen LogP contribution in [0.15, 0.2) is 0 Å². The first-order valence-corrected chi connectivity index (χ1v) is 6.98. The molecular formula is C13H23N3O5. The Balaban J connectivity index is 2.40. The summed E-state index contributed by atoms with van der Waals surface area (Å²) in [4.78, 5) is 36.4. The Bertz CT molecular complexity index is 380. The molecule has 0 saturated carbocycles. The van der Waals surface area contributed by atoms with Crippen LogP contribution in [0.2, 0.25) is 0 Å². The molecule has 8 nitrogen and oxygen atoms in total. The summed E-state index contributed by atoms with van der Waals surface area (Å²) in [7, 11) is 1.46. The first-order chi connectivity index (χ1) is 9.99. The fourth-order valence-corrected chi connectivity index (χ4v) is 2.17. The van der Waals surface area contributed by atoms with E-state index in [1.165, 1.54) is 12.0 Å². The Morgan fingerprint density at radius 2 is 1.95 bits per heavy atom. The lowest BCUT2D eigenvalue weighted by molar-refractivity contribution is -0.151. The predicted molar refractivity (Wildman–Crippen MR) is 74.2 cm³/mol. The lowest BCUT2D eigenvalue weighted by atomic mass is 10.0. The summed E-state index contributed by atoms with van der Waals surface area (Å²) in [6.45, 7) is 2.76. The lowest BCUT2D eigenvalue weighted by Crippen LogP contribution is -2.53. The minimum Gasteiger partial charge on any atom is -0.464 e. The number of methoxy groups -OCH3 is 1. The van der Waals surface area contributed by atoms with Gasteiger partial charge in [0.2, 0.25) is 5.91 Å². The van der Waals surface area contributed by atoms with Gasteiger partial charge in [-0.15, -0.1) is 0 Å². The van der Waals surface area contributed by atoms with Gasteiger partial charge in [0, 0.05) is 26.2 Å². The van der Waals surface area contributed by atoms with Crippen LogP contribution in [-0.2, 0) is 23.9 Å². The van der Waals surface area contributed by atoms with Crippen LogP contribution >= 0.6 is 0 Å². The number of ether oxygens (including phenoxy) is 2. The molecule has 1 atom stereocenters. The molecular weight excluding hydrogens is 278 g/mol. The van der Waals surface area contributed by atoms with Crippen LogP contribution in [0.25, 0.3) is 0 Å². The number of nitrogens with two attached hydrogens (primary N) is 1. The molecule has 1 aliphatic rings. The second kappa shape index (κ2) is 8.58. The Hall–Kier alpha value is -1.67. The molecule has 3 N–H and O–H groups in total. The highest BCUT2D eigenvalue weighted by atomic mass is 16.5. The maximum atomic E-state index is 12.0. The van der Waals surface area contributed by atoms with Crippen molar-refractivity contribution in [1.82, 2.24) is 10.2 Å². The summed E-state index contributed by atoms with van der Waals surface area (Å²) in [6.07, 6.45) is 1.24. The molecule has 0 spiro atoms. The van der Waals surface area contributed by atoms with Gasteiger partial charge in [-0.2, -0.15) is 0 Å². The van der Waals surface area contributed by atoms with Crippen molar-refractivity contribution < 1.29 is 23.9 Å². The molecule has 21 heavy (non-hydrogen) atoms. The first kappa shape index (κ1) is 17.4. The minimum atomic E-state index is -1.27. The molecule has 8 heteroatoms. The summed E-state index contributed by atoms with van der Waals surface area (Å²) < 4.78 is 9.47. The molecule has 1 fully saturated rings. The Kier molecular flexibility index (Phi) is 7.10. The number of nitrogens with one attached hydrogen (secondary N) is 1. The van der Waals surface area contributed by atoms with Crippen molar-refractivity contribution in [2.75, 3.05) is 33.4 Å². The van der Waals surface area contributed by atoms with Crippen molar-refractivity contribution in [2.24, 2.45) is 5.73 Å². The largest absolute Gasteiger partial charge is 0.464 e. The zero-order chi connectivity index (χ0) is 15.8. The number of rotatable bonds is 6. The van der Waals surface area contributed by atoms with Crippen LogP contribution in [0.5, 0.6) is 0 Å². The number of hydrogen-bond acceptors (Lipinski definition) is 6. The Labute approximate surface area is 123 Å². The minimum absolute atomic E-state index is 0.00974. The van der Waals surface area contributed by atoms with E-state index >= 15 is 0 Å². The van der Waals surface area contributed by atoms with Crippen molar-refractivity contribution in [3.8, 4) is 0 Å². The molecule has 1 unspecified atom stereocenters. The number of esters is 1. The van der Waals surface area contributed by atoms with Crippen LogP contribution in [0.4, 0.5) is 0 Å². The summed E-state index contributed by atoms with van der Waals surface area (Å²) in [6, 6.07) is -1.26. The highest BCUT2D eigenvalue weighted by molar-refractivity contribution is 6.01. The molecule has 0 aromatic heterocycles. The SMILES string of the molecule is CCOC(=O)C(N)C(=O)N1CCC(NC(=O)COC)CC1. The van der Waals surface area contributed by atoms with E-state index in [-0.39, 0.29) is 25.2 Å². The number of amides is 2. The number of carbonyl (C=O) groups is 3. The maximum absolute atomic E-state index is 12.0. The molecule has 1 saturated heterocycles. The number of carbonyl (C=O) groups excluding carboxylic acids is 3.